The molecule has 0 atom stereocenters. The second-order valence-corrected chi connectivity index (χ2v) is 6.62. The highest BCUT2D eigenvalue weighted by atomic mass is 35.5. The first-order valence-electron chi connectivity index (χ1n) is 8.54. The van der Waals surface area contributed by atoms with Crippen LogP contribution in [0.5, 0.6) is 0 Å². The summed E-state index contributed by atoms with van der Waals surface area (Å²) in [5.74, 6) is 0. The van der Waals surface area contributed by atoms with Gasteiger partial charge in [0, 0.05) is 31.9 Å². The van der Waals surface area contributed by atoms with E-state index in [1.807, 2.05) is 0 Å². The minimum absolute atomic E-state index is 0. The molecule has 0 radical (unpaired) electrons. The van der Waals surface area contributed by atoms with Crippen molar-refractivity contribution in [1.29, 1.82) is 0 Å². The van der Waals surface area contributed by atoms with Crippen LogP contribution in [-0.2, 0) is 0 Å². The Bertz CT molecular complexity index is 852. The topological polar surface area (TPSA) is 6.25 Å². The van der Waals surface area contributed by atoms with Crippen LogP contribution < -0.4 is 17.3 Å². The molecule has 0 spiro atoms. The third-order valence-corrected chi connectivity index (χ3v) is 4.41. The van der Waals surface area contributed by atoms with Gasteiger partial charge in [0.25, 0.3) is 0 Å². The summed E-state index contributed by atoms with van der Waals surface area (Å²) in [5.41, 5.74) is 7.37. The second-order valence-electron chi connectivity index (χ2n) is 6.62. The maximum atomic E-state index is 2.21. The molecule has 0 aliphatic heterocycles. The monoisotopic (exact) mass is 400 g/mol. The molecular formula is C23H26Cl2N2. The van der Waals surface area contributed by atoms with Crippen LogP contribution in [0.25, 0.3) is 5.57 Å². The van der Waals surface area contributed by atoms with Gasteiger partial charge in [-0.25, -0.2) is 4.58 Å². The maximum absolute atomic E-state index is 2.21. The van der Waals surface area contributed by atoms with Gasteiger partial charge >= 0.3 is 0 Å². The summed E-state index contributed by atoms with van der Waals surface area (Å²) in [6.45, 7) is 0. The number of rotatable bonds is 3. The molecule has 3 rings (SSSR count). The first-order chi connectivity index (χ1) is 12.1. The standard InChI is InChI=1S/C23H25N2.2ClH/c1-24(2)21-14-10-19(11-15-21)23(18-8-6-5-7-9-18)20-12-16-22(17-13-20)25(3)4;;/h5-17H,1-4H3;2*1H/q+1;;/p-1. The summed E-state index contributed by atoms with van der Waals surface area (Å²) in [7, 11) is 8.27. The first-order valence-corrected chi connectivity index (χ1v) is 8.54. The van der Waals surface area contributed by atoms with Crippen LogP contribution in [0.4, 0.5) is 5.69 Å². The quantitative estimate of drug-likeness (QED) is 0.712. The molecule has 0 saturated carbocycles. The molecule has 0 fully saturated rings. The Balaban J connectivity index is 0.00000182. The Hall–Kier alpha value is -2.29. The van der Waals surface area contributed by atoms with Crippen LogP contribution in [0.2, 0.25) is 0 Å². The fourth-order valence-electron chi connectivity index (χ4n) is 2.96. The lowest BCUT2D eigenvalue weighted by atomic mass is 9.90. The van der Waals surface area contributed by atoms with Crippen molar-refractivity contribution in [3.8, 4) is 0 Å². The molecule has 0 N–H and O–H groups in total. The van der Waals surface area contributed by atoms with Crippen molar-refractivity contribution < 1.29 is 17.0 Å². The van der Waals surface area contributed by atoms with Gasteiger partial charge in [0.1, 0.15) is 14.1 Å². The molecule has 0 heterocycles. The van der Waals surface area contributed by atoms with Crippen molar-refractivity contribution >= 4 is 29.4 Å². The van der Waals surface area contributed by atoms with Gasteiger partial charge in [0.2, 0.25) is 0 Å². The van der Waals surface area contributed by atoms with Gasteiger partial charge in [-0.15, -0.1) is 12.4 Å². The normalized spacial score (nSPS) is 12.1. The molecule has 2 aromatic rings. The van der Waals surface area contributed by atoms with Crippen molar-refractivity contribution in [2.75, 3.05) is 33.1 Å². The molecule has 0 unspecified atom stereocenters. The lowest BCUT2D eigenvalue weighted by Crippen LogP contribution is -3.00. The molecule has 0 saturated heterocycles. The summed E-state index contributed by atoms with van der Waals surface area (Å²) >= 11 is 0. The number of anilines is 1. The minimum atomic E-state index is 0. The van der Waals surface area contributed by atoms with Crippen molar-refractivity contribution in [1.82, 2.24) is 0 Å². The highest BCUT2D eigenvalue weighted by Gasteiger charge is 2.13. The molecule has 0 bridgehead atoms. The molecule has 0 aromatic heterocycles. The van der Waals surface area contributed by atoms with Gasteiger partial charge < -0.3 is 17.3 Å². The van der Waals surface area contributed by atoms with Crippen LogP contribution in [0.3, 0.4) is 0 Å². The number of nitrogens with zero attached hydrogens (tertiary/aromatic N) is 2. The van der Waals surface area contributed by atoms with E-state index in [2.05, 4.69) is 117 Å². The summed E-state index contributed by atoms with van der Waals surface area (Å²) < 4.78 is 2.12. The summed E-state index contributed by atoms with van der Waals surface area (Å²) in [4.78, 5) is 2.12. The zero-order valence-corrected chi connectivity index (χ0v) is 17.8. The van der Waals surface area contributed by atoms with Gasteiger partial charge in [-0.3, -0.25) is 0 Å². The summed E-state index contributed by atoms with van der Waals surface area (Å²) in [6, 6.07) is 19.4. The lowest BCUT2D eigenvalue weighted by molar-refractivity contribution is -0.462. The molecule has 1 aliphatic rings. The predicted molar refractivity (Wildman–Crippen MR) is 116 cm³/mol. The lowest BCUT2D eigenvalue weighted by Gasteiger charge is -2.16. The summed E-state index contributed by atoms with van der Waals surface area (Å²) in [6.07, 6.45) is 8.76. The number of hydrogen-bond donors (Lipinski definition) is 0. The van der Waals surface area contributed by atoms with Crippen LogP contribution in [-0.4, -0.2) is 38.5 Å². The van der Waals surface area contributed by atoms with Crippen molar-refractivity contribution in [3.05, 3.63) is 95.6 Å². The molecular weight excluding hydrogens is 375 g/mol. The second kappa shape index (κ2) is 10.1. The van der Waals surface area contributed by atoms with Crippen LogP contribution >= 0.6 is 12.4 Å². The van der Waals surface area contributed by atoms with Crippen molar-refractivity contribution in [2.45, 2.75) is 0 Å². The molecule has 27 heavy (non-hydrogen) atoms. The van der Waals surface area contributed by atoms with E-state index in [0.29, 0.717) is 0 Å². The van der Waals surface area contributed by atoms with Crippen molar-refractivity contribution in [3.63, 3.8) is 0 Å². The molecule has 0 amide bonds. The van der Waals surface area contributed by atoms with E-state index >= 15 is 0 Å². The Labute approximate surface area is 175 Å². The largest absolute Gasteiger partial charge is 1.00 e. The summed E-state index contributed by atoms with van der Waals surface area (Å²) in [5, 5.41) is 0. The maximum Gasteiger partial charge on any atom is 0.199 e. The van der Waals surface area contributed by atoms with Crippen molar-refractivity contribution in [2.24, 2.45) is 0 Å². The third kappa shape index (κ3) is 5.35. The van der Waals surface area contributed by atoms with Crippen LogP contribution in [0, 0.1) is 0 Å². The van der Waals surface area contributed by atoms with E-state index < -0.39 is 0 Å². The van der Waals surface area contributed by atoms with Crippen LogP contribution in [0.1, 0.15) is 11.1 Å². The van der Waals surface area contributed by atoms with Crippen LogP contribution in [0.15, 0.2) is 84.5 Å². The van der Waals surface area contributed by atoms with E-state index in [9.17, 15) is 0 Å². The molecule has 1 aliphatic carbocycles. The zero-order chi connectivity index (χ0) is 17.8. The van der Waals surface area contributed by atoms with Gasteiger partial charge in [-0.1, -0.05) is 42.5 Å². The fraction of sp³-hybridized carbons (Fsp3) is 0.174. The molecule has 142 valence electrons. The Morgan fingerprint density at radius 1 is 0.741 bits per heavy atom. The van der Waals surface area contributed by atoms with Gasteiger partial charge in [0.05, 0.1) is 0 Å². The van der Waals surface area contributed by atoms with E-state index in [1.165, 1.54) is 33.7 Å². The number of hydrogen-bond acceptors (Lipinski definition) is 1. The van der Waals surface area contributed by atoms with E-state index in [1.54, 1.807) is 0 Å². The molecule has 4 heteroatoms. The average molecular weight is 401 g/mol. The number of halogens is 2. The number of allylic oxidation sites excluding steroid dienone is 5. The van der Waals surface area contributed by atoms with Gasteiger partial charge in [0.15, 0.2) is 5.71 Å². The highest BCUT2D eigenvalue weighted by molar-refractivity contribution is 6.03. The Morgan fingerprint density at radius 3 is 1.74 bits per heavy atom. The SMILES string of the molecule is CN(C)c1ccc(C(=C2C=CC(=[N+](C)C)C=C2)c2ccccc2)cc1.Cl.[Cl-]. The predicted octanol–water partition coefficient (Wildman–Crippen LogP) is 1.82. The van der Waals surface area contributed by atoms with E-state index in [-0.39, 0.29) is 24.8 Å². The smallest absolute Gasteiger partial charge is 0.199 e. The minimum Gasteiger partial charge on any atom is -1.00 e. The Morgan fingerprint density at radius 2 is 1.26 bits per heavy atom. The first kappa shape index (κ1) is 22.8. The van der Waals surface area contributed by atoms with E-state index in [0.717, 1.165) is 0 Å². The molecule has 2 nitrogen and oxygen atoms in total. The van der Waals surface area contributed by atoms with Gasteiger partial charge in [-0.05, 0) is 46.6 Å². The van der Waals surface area contributed by atoms with E-state index in [4.69, 9.17) is 0 Å². The zero-order valence-electron chi connectivity index (χ0n) is 16.2. The number of benzene rings is 2. The Kier molecular flexibility index (Phi) is 8.55. The fourth-order valence-corrected chi connectivity index (χ4v) is 2.96. The highest BCUT2D eigenvalue weighted by Crippen LogP contribution is 2.30. The average Bonchev–Trinajstić information content (AvgIpc) is 2.64. The van der Waals surface area contributed by atoms with Gasteiger partial charge in [-0.2, -0.15) is 0 Å². The molecule has 2 aromatic carbocycles. The third-order valence-electron chi connectivity index (χ3n) is 4.41.